The molecular formula is C17H20N2O3. The molecule has 22 heavy (non-hydrogen) atoms. The van der Waals surface area contributed by atoms with Gasteiger partial charge in [-0.25, -0.2) is 0 Å². The number of carbonyl (C=O) groups is 1. The maximum atomic E-state index is 12.1. The van der Waals surface area contributed by atoms with E-state index in [4.69, 9.17) is 9.15 Å². The van der Waals surface area contributed by atoms with Crippen molar-refractivity contribution in [3.05, 3.63) is 48.2 Å². The predicted molar refractivity (Wildman–Crippen MR) is 83.2 cm³/mol. The van der Waals surface area contributed by atoms with Crippen molar-refractivity contribution in [3.8, 4) is 11.7 Å². The SMILES string of the molecule is CN1CC[C@H](CNC(=O)c2ccc(Oc3ccccc3)o2)C1. The summed E-state index contributed by atoms with van der Waals surface area (Å²) in [5, 5.41) is 2.92. The number of ether oxygens (including phenoxy) is 1. The summed E-state index contributed by atoms with van der Waals surface area (Å²) in [5.41, 5.74) is 0. The fraction of sp³-hybridized carbons (Fsp3) is 0.353. The fourth-order valence-electron chi connectivity index (χ4n) is 2.62. The van der Waals surface area contributed by atoms with E-state index in [1.165, 1.54) is 0 Å². The summed E-state index contributed by atoms with van der Waals surface area (Å²) in [6, 6.07) is 12.6. The van der Waals surface area contributed by atoms with E-state index in [2.05, 4.69) is 17.3 Å². The first-order valence-corrected chi connectivity index (χ1v) is 7.50. The Bertz CT molecular complexity index is 624. The van der Waals surface area contributed by atoms with Gasteiger partial charge in [0, 0.05) is 19.2 Å². The highest BCUT2D eigenvalue weighted by Gasteiger charge is 2.21. The summed E-state index contributed by atoms with van der Waals surface area (Å²) < 4.78 is 11.0. The normalized spacial score (nSPS) is 18.3. The van der Waals surface area contributed by atoms with Crippen LogP contribution in [0.5, 0.6) is 11.7 Å². The molecule has 1 aliphatic heterocycles. The minimum Gasteiger partial charge on any atom is -0.426 e. The highest BCUT2D eigenvalue weighted by atomic mass is 16.6. The summed E-state index contributed by atoms with van der Waals surface area (Å²) in [6.07, 6.45) is 1.12. The zero-order valence-electron chi connectivity index (χ0n) is 12.6. The molecular weight excluding hydrogens is 280 g/mol. The fourth-order valence-corrected chi connectivity index (χ4v) is 2.62. The third-order valence-corrected chi connectivity index (χ3v) is 3.81. The molecule has 0 saturated carbocycles. The van der Waals surface area contributed by atoms with E-state index >= 15 is 0 Å². The van der Waals surface area contributed by atoms with Gasteiger partial charge < -0.3 is 19.4 Å². The van der Waals surface area contributed by atoms with Gasteiger partial charge in [-0.15, -0.1) is 0 Å². The number of likely N-dealkylation sites (tertiary alicyclic amines) is 1. The molecule has 1 aromatic heterocycles. The second-order valence-electron chi connectivity index (χ2n) is 5.66. The van der Waals surface area contributed by atoms with E-state index < -0.39 is 0 Å². The molecule has 1 aliphatic rings. The van der Waals surface area contributed by atoms with Crippen LogP contribution in [0.15, 0.2) is 46.9 Å². The monoisotopic (exact) mass is 300 g/mol. The average molecular weight is 300 g/mol. The molecule has 5 heteroatoms. The van der Waals surface area contributed by atoms with Gasteiger partial charge in [-0.3, -0.25) is 4.79 Å². The topological polar surface area (TPSA) is 54.7 Å². The van der Waals surface area contributed by atoms with E-state index in [0.717, 1.165) is 19.5 Å². The Balaban J connectivity index is 1.53. The van der Waals surface area contributed by atoms with E-state index in [0.29, 0.717) is 24.2 Å². The Kier molecular flexibility index (Phi) is 4.44. The number of furan rings is 1. The third-order valence-electron chi connectivity index (χ3n) is 3.81. The number of para-hydroxylation sites is 1. The van der Waals surface area contributed by atoms with Crippen molar-refractivity contribution in [2.45, 2.75) is 6.42 Å². The molecule has 1 saturated heterocycles. The minimum atomic E-state index is -0.197. The van der Waals surface area contributed by atoms with Gasteiger partial charge in [0.2, 0.25) is 0 Å². The largest absolute Gasteiger partial charge is 0.426 e. The number of rotatable bonds is 5. The molecule has 5 nitrogen and oxygen atoms in total. The molecule has 0 spiro atoms. The van der Waals surface area contributed by atoms with Crippen molar-refractivity contribution >= 4 is 5.91 Å². The summed E-state index contributed by atoms with van der Waals surface area (Å²) in [5.74, 6) is 1.59. The van der Waals surface area contributed by atoms with Gasteiger partial charge in [0.1, 0.15) is 5.75 Å². The van der Waals surface area contributed by atoms with Crippen LogP contribution in [0, 0.1) is 5.92 Å². The Morgan fingerprint density at radius 2 is 2.14 bits per heavy atom. The van der Waals surface area contributed by atoms with Crippen LogP contribution in [0.3, 0.4) is 0 Å². The number of nitrogens with one attached hydrogen (secondary N) is 1. The van der Waals surface area contributed by atoms with Crippen molar-refractivity contribution < 1.29 is 13.9 Å². The third kappa shape index (κ3) is 3.68. The van der Waals surface area contributed by atoms with Crippen LogP contribution in [0.2, 0.25) is 0 Å². The molecule has 0 aliphatic carbocycles. The zero-order chi connectivity index (χ0) is 15.4. The Morgan fingerprint density at radius 3 is 2.86 bits per heavy atom. The number of amides is 1. The maximum absolute atomic E-state index is 12.1. The maximum Gasteiger partial charge on any atom is 0.290 e. The van der Waals surface area contributed by atoms with Crippen LogP contribution in [0.25, 0.3) is 0 Å². The van der Waals surface area contributed by atoms with Gasteiger partial charge in [0.25, 0.3) is 11.9 Å². The van der Waals surface area contributed by atoms with Crippen molar-refractivity contribution in [2.24, 2.45) is 5.92 Å². The van der Waals surface area contributed by atoms with Crippen molar-refractivity contribution in [1.29, 1.82) is 0 Å². The number of carbonyl (C=O) groups excluding carboxylic acids is 1. The molecule has 0 radical (unpaired) electrons. The molecule has 2 heterocycles. The van der Waals surface area contributed by atoms with E-state index in [-0.39, 0.29) is 11.7 Å². The molecule has 1 fully saturated rings. The molecule has 1 N–H and O–H groups in total. The van der Waals surface area contributed by atoms with Crippen molar-refractivity contribution in [2.75, 3.05) is 26.7 Å². The predicted octanol–water partition coefficient (Wildman–Crippen LogP) is 2.75. The molecule has 1 atom stereocenters. The molecule has 1 aromatic carbocycles. The first-order valence-electron chi connectivity index (χ1n) is 7.50. The number of nitrogens with zero attached hydrogens (tertiary/aromatic N) is 1. The van der Waals surface area contributed by atoms with Gasteiger partial charge >= 0.3 is 0 Å². The van der Waals surface area contributed by atoms with Gasteiger partial charge in [-0.1, -0.05) is 18.2 Å². The van der Waals surface area contributed by atoms with Crippen LogP contribution in [0.1, 0.15) is 17.0 Å². The van der Waals surface area contributed by atoms with Gasteiger partial charge in [0.15, 0.2) is 5.76 Å². The van der Waals surface area contributed by atoms with Crippen LogP contribution in [0.4, 0.5) is 0 Å². The molecule has 0 bridgehead atoms. The summed E-state index contributed by atoms with van der Waals surface area (Å²) in [6.45, 7) is 2.80. The summed E-state index contributed by atoms with van der Waals surface area (Å²) in [4.78, 5) is 14.3. The van der Waals surface area contributed by atoms with Gasteiger partial charge in [0.05, 0.1) is 0 Å². The van der Waals surface area contributed by atoms with E-state index in [1.54, 1.807) is 12.1 Å². The standard InChI is InChI=1S/C17H20N2O3/c1-19-10-9-13(12-19)11-18-17(20)15-7-8-16(22-15)21-14-5-3-2-4-6-14/h2-8,13H,9-12H2,1H3,(H,18,20)/t13-/m1/s1. The van der Waals surface area contributed by atoms with Gasteiger partial charge in [-0.2, -0.15) is 0 Å². The second-order valence-corrected chi connectivity index (χ2v) is 5.66. The highest BCUT2D eigenvalue weighted by Crippen LogP contribution is 2.23. The lowest BCUT2D eigenvalue weighted by molar-refractivity contribution is 0.0915. The summed E-state index contributed by atoms with van der Waals surface area (Å²) in [7, 11) is 2.10. The van der Waals surface area contributed by atoms with Crippen LogP contribution >= 0.6 is 0 Å². The average Bonchev–Trinajstić information content (AvgIpc) is 3.15. The molecule has 0 unspecified atom stereocenters. The molecule has 1 amide bonds. The van der Waals surface area contributed by atoms with Crippen molar-refractivity contribution in [1.82, 2.24) is 10.2 Å². The zero-order valence-corrected chi connectivity index (χ0v) is 12.6. The Labute approximate surface area is 129 Å². The van der Waals surface area contributed by atoms with Gasteiger partial charge in [-0.05, 0) is 44.1 Å². The molecule has 116 valence electrons. The molecule has 3 rings (SSSR count). The lowest BCUT2D eigenvalue weighted by Gasteiger charge is -2.10. The Hall–Kier alpha value is -2.27. The van der Waals surface area contributed by atoms with Crippen molar-refractivity contribution in [3.63, 3.8) is 0 Å². The number of hydrogen-bond acceptors (Lipinski definition) is 4. The summed E-state index contributed by atoms with van der Waals surface area (Å²) >= 11 is 0. The second kappa shape index (κ2) is 6.66. The first kappa shape index (κ1) is 14.7. The lowest BCUT2D eigenvalue weighted by atomic mass is 10.1. The van der Waals surface area contributed by atoms with E-state index in [1.807, 2.05) is 30.3 Å². The van der Waals surface area contributed by atoms with Crippen LogP contribution in [-0.4, -0.2) is 37.5 Å². The molecule has 2 aromatic rings. The smallest absolute Gasteiger partial charge is 0.290 e. The number of hydrogen-bond donors (Lipinski definition) is 1. The lowest BCUT2D eigenvalue weighted by Crippen LogP contribution is -2.30. The van der Waals surface area contributed by atoms with Crippen LogP contribution < -0.4 is 10.1 Å². The minimum absolute atomic E-state index is 0.197. The highest BCUT2D eigenvalue weighted by molar-refractivity contribution is 5.91. The van der Waals surface area contributed by atoms with E-state index in [9.17, 15) is 4.79 Å². The van der Waals surface area contributed by atoms with Crippen LogP contribution in [-0.2, 0) is 0 Å². The number of benzene rings is 1. The first-order chi connectivity index (χ1) is 10.7. The Morgan fingerprint density at radius 1 is 1.32 bits per heavy atom. The quantitative estimate of drug-likeness (QED) is 0.922.